The number of amides is 1. The SMILES string of the molecule is Cc1nn(C)c2c1[nH]c(=S)n2CC(=O)NC1CC1. The highest BCUT2D eigenvalue weighted by Gasteiger charge is 2.24. The van der Waals surface area contributed by atoms with Crippen molar-refractivity contribution in [2.24, 2.45) is 7.05 Å². The molecule has 18 heavy (non-hydrogen) atoms. The van der Waals surface area contributed by atoms with Crippen molar-refractivity contribution in [2.45, 2.75) is 32.4 Å². The van der Waals surface area contributed by atoms with Crippen molar-refractivity contribution in [2.75, 3.05) is 0 Å². The van der Waals surface area contributed by atoms with Crippen molar-refractivity contribution in [3.05, 3.63) is 10.5 Å². The number of carbonyl (C=O) groups is 1. The van der Waals surface area contributed by atoms with Crippen LogP contribution in [0.2, 0.25) is 0 Å². The van der Waals surface area contributed by atoms with Gasteiger partial charge in [-0.25, -0.2) is 0 Å². The first-order chi connectivity index (χ1) is 8.56. The van der Waals surface area contributed by atoms with Crippen LogP contribution in [0.1, 0.15) is 18.5 Å². The Hall–Kier alpha value is -1.63. The second-order valence-electron chi connectivity index (χ2n) is 4.77. The predicted octanol–water partition coefficient (Wildman–Crippen LogP) is 1.02. The molecular formula is C11H15N5OS. The zero-order chi connectivity index (χ0) is 12.9. The van der Waals surface area contributed by atoms with Crippen molar-refractivity contribution >= 4 is 29.3 Å². The summed E-state index contributed by atoms with van der Waals surface area (Å²) in [6.07, 6.45) is 2.18. The van der Waals surface area contributed by atoms with Gasteiger partial charge in [-0.1, -0.05) is 0 Å². The molecule has 1 saturated carbocycles. The van der Waals surface area contributed by atoms with Crippen LogP contribution in [0.5, 0.6) is 0 Å². The number of carbonyl (C=O) groups excluding carboxylic acids is 1. The van der Waals surface area contributed by atoms with E-state index >= 15 is 0 Å². The van der Waals surface area contributed by atoms with Crippen LogP contribution in [0.3, 0.4) is 0 Å². The van der Waals surface area contributed by atoms with Gasteiger partial charge in [0.15, 0.2) is 10.4 Å². The van der Waals surface area contributed by atoms with Crippen molar-refractivity contribution < 1.29 is 4.79 Å². The quantitative estimate of drug-likeness (QED) is 0.814. The predicted molar refractivity (Wildman–Crippen MR) is 69.8 cm³/mol. The minimum absolute atomic E-state index is 0.00773. The number of fused-ring (bicyclic) bond motifs is 1. The summed E-state index contributed by atoms with van der Waals surface area (Å²) >= 11 is 5.26. The molecule has 0 unspecified atom stereocenters. The van der Waals surface area contributed by atoms with Crippen LogP contribution in [-0.2, 0) is 18.4 Å². The molecule has 1 fully saturated rings. The summed E-state index contributed by atoms with van der Waals surface area (Å²) in [6, 6.07) is 0.370. The maximum atomic E-state index is 11.9. The molecule has 2 N–H and O–H groups in total. The average molecular weight is 265 g/mol. The van der Waals surface area contributed by atoms with Gasteiger partial charge >= 0.3 is 0 Å². The molecule has 0 aliphatic heterocycles. The van der Waals surface area contributed by atoms with Gasteiger partial charge < -0.3 is 10.3 Å². The van der Waals surface area contributed by atoms with Crippen molar-refractivity contribution in [3.8, 4) is 0 Å². The molecule has 96 valence electrons. The molecule has 7 heteroatoms. The minimum atomic E-state index is 0.00773. The molecular weight excluding hydrogens is 250 g/mol. The number of H-pyrrole nitrogens is 1. The van der Waals surface area contributed by atoms with E-state index in [-0.39, 0.29) is 12.5 Å². The van der Waals surface area contributed by atoms with Gasteiger partial charge in [-0.3, -0.25) is 14.0 Å². The topological polar surface area (TPSA) is 67.6 Å². The van der Waals surface area contributed by atoms with Crippen LogP contribution in [0, 0.1) is 11.7 Å². The second-order valence-corrected chi connectivity index (χ2v) is 5.15. The number of hydrogen-bond acceptors (Lipinski definition) is 3. The molecule has 0 spiro atoms. The molecule has 2 aromatic rings. The van der Waals surface area contributed by atoms with E-state index in [1.54, 1.807) is 9.25 Å². The summed E-state index contributed by atoms with van der Waals surface area (Å²) in [5.41, 5.74) is 2.66. The highest BCUT2D eigenvalue weighted by atomic mass is 32.1. The lowest BCUT2D eigenvalue weighted by Crippen LogP contribution is -2.29. The highest BCUT2D eigenvalue weighted by Crippen LogP contribution is 2.19. The van der Waals surface area contributed by atoms with Crippen LogP contribution in [0.25, 0.3) is 11.2 Å². The largest absolute Gasteiger partial charge is 0.352 e. The lowest BCUT2D eigenvalue weighted by atomic mass is 10.4. The summed E-state index contributed by atoms with van der Waals surface area (Å²) in [5, 5.41) is 7.28. The Morgan fingerprint density at radius 3 is 3.00 bits per heavy atom. The Balaban J connectivity index is 1.97. The van der Waals surface area contributed by atoms with Crippen LogP contribution in [0.4, 0.5) is 0 Å². The molecule has 0 saturated heterocycles. The van der Waals surface area contributed by atoms with Crippen molar-refractivity contribution in [3.63, 3.8) is 0 Å². The fourth-order valence-corrected chi connectivity index (χ4v) is 2.42. The summed E-state index contributed by atoms with van der Waals surface area (Å²) in [6.45, 7) is 2.16. The van der Waals surface area contributed by atoms with Gasteiger partial charge in [-0.2, -0.15) is 5.10 Å². The monoisotopic (exact) mass is 265 g/mol. The maximum Gasteiger partial charge on any atom is 0.240 e. The average Bonchev–Trinajstić information content (AvgIpc) is 2.97. The van der Waals surface area contributed by atoms with Gasteiger partial charge in [-0.05, 0) is 32.0 Å². The number of hydrogen-bond donors (Lipinski definition) is 2. The lowest BCUT2D eigenvalue weighted by molar-refractivity contribution is -0.121. The Morgan fingerprint density at radius 2 is 2.33 bits per heavy atom. The zero-order valence-electron chi connectivity index (χ0n) is 10.4. The van der Waals surface area contributed by atoms with Gasteiger partial charge in [0, 0.05) is 13.1 Å². The first-order valence-corrected chi connectivity index (χ1v) is 6.38. The van der Waals surface area contributed by atoms with E-state index in [4.69, 9.17) is 12.2 Å². The van der Waals surface area contributed by atoms with Crippen LogP contribution < -0.4 is 5.32 Å². The van der Waals surface area contributed by atoms with E-state index in [1.807, 2.05) is 14.0 Å². The number of nitrogens with zero attached hydrogens (tertiary/aromatic N) is 3. The normalized spacial score (nSPS) is 15.2. The fraction of sp³-hybridized carbons (Fsp3) is 0.545. The fourth-order valence-electron chi connectivity index (χ4n) is 2.16. The third kappa shape index (κ3) is 1.84. The standard InChI is InChI=1S/C11H15N5OS/c1-6-9-10(15(2)14-6)16(11(18)13-9)5-8(17)12-7-3-4-7/h7H,3-5H2,1-2H3,(H,12,17)(H,13,18). The van der Waals surface area contributed by atoms with Crippen LogP contribution in [0.15, 0.2) is 0 Å². The van der Waals surface area contributed by atoms with Gasteiger partial charge in [0.1, 0.15) is 12.1 Å². The number of rotatable bonds is 3. The Bertz CT molecular complexity index is 675. The third-order valence-corrected chi connectivity index (χ3v) is 3.49. The number of nitrogens with one attached hydrogen (secondary N) is 2. The highest BCUT2D eigenvalue weighted by molar-refractivity contribution is 7.71. The Labute approximate surface area is 109 Å². The molecule has 0 atom stereocenters. The molecule has 0 radical (unpaired) electrons. The molecule has 1 aliphatic carbocycles. The van der Waals surface area contributed by atoms with E-state index < -0.39 is 0 Å². The number of imidazole rings is 1. The van der Waals surface area contributed by atoms with Gasteiger partial charge in [0.2, 0.25) is 5.91 Å². The number of aryl methyl sites for hydroxylation is 2. The van der Waals surface area contributed by atoms with Crippen LogP contribution in [-0.4, -0.2) is 31.3 Å². The summed E-state index contributed by atoms with van der Waals surface area (Å²) in [5.74, 6) is 0.00773. The second kappa shape index (κ2) is 3.94. The van der Waals surface area contributed by atoms with E-state index in [0.717, 1.165) is 29.7 Å². The number of aromatic amines is 1. The zero-order valence-corrected chi connectivity index (χ0v) is 11.2. The molecule has 1 amide bonds. The van der Waals surface area contributed by atoms with E-state index in [1.165, 1.54) is 0 Å². The molecule has 2 heterocycles. The Morgan fingerprint density at radius 1 is 1.61 bits per heavy atom. The summed E-state index contributed by atoms with van der Waals surface area (Å²) in [7, 11) is 1.85. The maximum absolute atomic E-state index is 11.9. The first kappa shape index (κ1) is 11.5. The van der Waals surface area contributed by atoms with E-state index in [9.17, 15) is 4.79 Å². The molecule has 1 aliphatic rings. The molecule has 3 rings (SSSR count). The van der Waals surface area contributed by atoms with Gasteiger partial charge in [-0.15, -0.1) is 0 Å². The smallest absolute Gasteiger partial charge is 0.240 e. The van der Waals surface area contributed by atoms with Crippen molar-refractivity contribution in [1.82, 2.24) is 24.6 Å². The molecule has 6 nitrogen and oxygen atoms in total. The first-order valence-electron chi connectivity index (χ1n) is 5.97. The Kier molecular flexibility index (Phi) is 2.51. The molecule has 0 aromatic carbocycles. The third-order valence-electron chi connectivity index (χ3n) is 3.17. The lowest BCUT2D eigenvalue weighted by Gasteiger charge is -2.05. The molecule has 0 bridgehead atoms. The molecule has 2 aromatic heterocycles. The van der Waals surface area contributed by atoms with Gasteiger partial charge in [0.05, 0.1) is 5.69 Å². The number of aromatic nitrogens is 4. The van der Waals surface area contributed by atoms with Gasteiger partial charge in [0.25, 0.3) is 0 Å². The van der Waals surface area contributed by atoms with Crippen LogP contribution >= 0.6 is 12.2 Å². The summed E-state index contributed by atoms with van der Waals surface area (Å²) in [4.78, 5) is 15.0. The van der Waals surface area contributed by atoms with E-state index in [0.29, 0.717) is 10.8 Å². The van der Waals surface area contributed by atoms with E-state index in [2.05, 4.69) is 15.4 Å². The summed E-state index contributed by atoms with van der Waals surface area (Å²) < 4.78 is 4.11. The minimum Gasteiger partial charge on any atom is -0.352 e. The van der Waals surface area contributed by atoms with Crippen molar-refractivity contribution in [1.29, 1.82) is 0 Å².